The lowest BCUT2D eigenvalue weighted by Crippen LogP contribution is -1.90. The second kappa shape index (κ2) is 5.70. The topological polar surface area (TPSA) is 72.0 Å². The lowest BCUT2D eigenvalue weighted by Gasteiger charge is -1.94. The minimum absolute atomic E-state index is 0.195. The Morgan fingerprint density at radius 2 is 2.04 bits per heavy atom. The summed E-state index contributed by atoms with van der Waals surface area (Å²) in [6.45, 7) is 1.80. The van der Waals surface area contributed by atoms with Gasteiger partial charge in [-0.25, -0.2) is 0 Å². The van der Waals surface area contributed by atoms with Crippen LogP contribution in [0.1, 0.15) is 21.9 Å². The Morgan fingerprint density at radius 1 is 1.17 bits per heavy atom. The molecule has 0 radical (unpaired) electrons. The van der Waals surface area contributed by atoms with Gasteiger partial charge in [0.15, 0.2) is 11.5 Å². The Kier molecular flexibility index (Phi) is 3.39. The summed E-state index contributed by atoms with van der Waals surface area (Å²) < 4.78 is 11.2. The first-order chi connectivity index (χ1) is 11.7. The van der Waals surface area contributed by atoms with Crippen LogP contribution in [0.4, 0.5) is 0 Å². The number of hydrogen-bond acceptors (Lipinski definition) is 4. The molecule has 4 aromatic rings. The minimum Gasteiger partial charge on any atom is -0.458 e. The Hall–Kier alpha value is -3.34. The van der Waals surface area contributed by atoms with Gasteiger partial charge in [0.05, 0.1) is 6.20 Å². The van der Waals surface area contributed by atoms with E-state index in [0.717, 1.165) is 22.2 Å². The van der Waals surface area contributed by atoms with Gasteiger partial charge in [-0.15, -0.1) is 0 Å². The normalized spacial score (nSPS) is 11.5. The van der Waals surface area contributed by atoms with Crippen molar-refractivity contribution in [2.24, 2.45) is 0 Å². The third-order valence-corrected chi connectivity index (χ3v) is 3.74. The Balaban J connectivity index is 1.65. The van der Waals surface area contributed by atoms with Gasteiger partial charge >= 0.3 is 0 Å². The lowest BCUT2D eigenvalue weighted by atomic mass is 10.1. The van der Waals surface area contributed by atoms with E-state index < -0.39 is 0 Å². The largest absolute Gasteiger partial charge is 0.458 e. The summed E-state index contributed by atoms with van der Waals surface area (Å²) in [6.07, 6.45) is 4.82. The van der Waals surface area contributed by atoms with Gasteiger partial charge in [0.25, 0.3) is 0 Å². The number of carbonyl (C=O) groups excluding carboxylic acids is 1. The van der Waals surface area contributed by atoms with Gasteiger partial charge in [0.1, 0.15) is 17.0 Å². The summed E-state index contributed by atoms with van der Waals surface area (Å²) in [5.74, 6) is 1.50. The molecule has 0 unspecified atom stereocenters. The van der Waals surface area contributed by atoms with Crippen molar-refractivity contribution in [1.82, 2.24) is 10.2 Å². The predicted octanol–water partition coefficient (Wildman–Crippen LogP) is 4.62. The Labute approximate surface area is 137 Å². The number of allylic oxidation sites excluding steroid dienone is 1. The summed E-state index contributed by atoms with van der Waals surface area (Å²) in [4.78, 5) is 12.1. The number of fused-ring (bicyclic) bond motifs is 1. The van der Waals surface area contributed by atoms with Crippen LogP contribution < -0.4 is 0 Å². The van der Waals surface area contributed by atoms with Gasteiger partial charge in [-0.3, -0.25) is 9.89 Å². The van der Waals surface area contributed by atoms with Crippen LogP contribution in [0.25, 0.3) is 28.5 Å². The van der Waals surface area contributed by atoms with Crippen molar-refractivity contribution < 1.29 is 13.6 Å². The number of aromatic amines is 1. The van der Waals surface area contributed by atoms with Crippen LogP contribution in [0.3, 0.4) is 0 Å². The summed E-state index contributed by atoms with van der Waals surface area (Å²) in [5, 5.41) is 7.99. The molecular formula is C19H14N2O3. The fourth-order valence-corrected chi connectivity index (χ4v) is 2.54. The molecule has 0 fully saturated rings. The van der Waals surface area contributed by atoms with Crippen LogP contribution >= 0.6 is 0 Å². The van der Waals surface area contributed by atoms with Gasteiger partial charge in [-0.1, -0.05) is 18.2 Å². The summed E-state index contributed by atoms with van der Waals surface area (Å²) in [5.41, 5.74) is 2.30. The Morgan fingerprint density at radius 3 is 2.83 bits per heavy atom. The van der Waals surface area contributed by atoms with Gasteiger partial charge in [0.2, 0.25) is 5.78 Å². The number of benzene rings is 1. The second-order valence-corrected chi connectivity index (χ2v) is 5.46. The molecule has 24 heavy (non-hydrogen) atoms. The fraction of sp³-hybridized carbons (Fsp3) is 0.0526. The second-order valence-electron chi connectivity index (χ2n) is 5.46. The number of furan rings is 2. The predicted molar refractivity (Wildman–Crippen MR) is 90.6 cm³/mol. The highest BCUT2D eigenvalue weighted by atomic mass is 16.3. The molecule has 0 atom stereocenters. The molecule has 3 heterocycles. The van der Waals surface area contributed by atoms with E-state index in [2.05, 4.69) is 10.2 Å². The van der Waals surface area contributed by atoms with E-state index in [4.69, 9.17) is 8.83 Å². The number of aryl methyl sites for hydroxylation is 1. The molecule has 5 heteroatoms. The monoisotopic (exact) mass is 318 g/mol. The first-order valence-electron chi connectivity index (χ1n) is 7.52. The highest BCUT2D eigenvalue weighted by molar-refractivity contribution is 6.05. The summed E-state index contributed by atoms with van der Waals surface area (Å²) in [6, 6.07) is 13.1. The first kappa shape index (κ1) is 14.3. The fourth-order valence-electron chi connectivity index (χ4n) is 2.54. The molecular weight excluding hydrogens is 304 g/mol. The third-order valence-electron chi connectivity index (χ3n) is 3.74. The molecule has 5 nitrogen and oxygen atoms in total. The van der Waals surface area contributed by atoms with E-state index in [1.165, 1.54) is 6.08 Å². The number of para-hydroxylation sites is 1. The smallest absolute Gasteiger partial charge is 0.221 e. The maximum atomic E-state index is 12.1. The number of aromatic nitrogens is 2. The molecule has 0 saturated carbocycles. The van der Waals surface area contributed by atoms with Crippen molar-refractivity contribution in [1.29, 1.82) is 0 Å². The number of hydrogen-bond donors (Lipinski definition) is 1. The minimum atomic E-state index is -0.195. The van der Waals surface area contributed by atoms with Gasteiger partial charge < -0.3 is 8.83 Å². The average molecular weight is 318 g/mol. The summed E-state index contributed by atoms with van der Waals surface area (Å²) >= 11 is 0. The molecule has 1 N–H and O–H groups in total. The number of ketones is 1. The maximum Gasteiger partial charge on any atom is 0.221 e. The number of nitrogens with one attached hydrogen (secondary N) is 1. The quantitative estimate of drug-likeness (QED) is 0.440. The molecule has 0 aliphatic heterocycles. The zero-order chi connectivity index (χ0) is 16.5. The zero-order valence-corrected chi connectivity index (χ0v) is 12.9. The molecule has 0 aliphatic rings. The van der Waals surface area contributed by atoms with E-state index in [1.54, 1.807) is 31.3 Å². The highest BCUT2D eigenvalue weighted by Gasteiger charge is 2.12. The number of nitrogens with zero attached hydrogens (tertiary/aromatic N) is 1. The van der Waals surface area contributed by atoms with Crippen molar-refractivity contribution in [3.63, 3.8) is 0 Å². The molecule has 0 amide bonds. The molecule has 0 bridgehead atoms. The number of carbonyl (C=O) groups is 1. The van der Waals surface area contributed by atoms with Crippen molar-refractivity contribution in [3.8, 4) is 11.5 Å². The molecule has 0 aliphatic carbocycles. The van der Waals surface area contributed by atoms with E-state index in [1.807, 2.05) is 30.3 Å². The van der Waals surface area contributed by atoms with E-state index >= 15 is 0 Å². The van der Waals surface area contributed by atoms with Crippen LogP contribution in [0.2, 0.25) is 0 Å². The van der Waals surface area contributed by atoms with Crippen molar-refractivity contribution in [2.75, 3.05) is 0 Å². The van der Waals surface area contributed by atoms with Crippen LogP contribution in [-0.4, -0.2) is 16.0 Å². The van der Waals surface area contributed by atoms with Crippen LogP contribution in [-0.2, 0) is 0 Å². The van der Waals surface area contributed by atoms with Crippen LogP contribution in [0.15, 0.2) is 63.6 Å². The SMILES string of the molecule is Cc1ccc(C(=O)C=Cc2cn[nH]c2-c2cc3ccccc3o2)o1. The number of H-pyrrole nitrogens is 1. The average Bonchev–Trinajstić information content (AvgIpc) is 3.30. The van der Waals surface area contributed by atoms with E-state index in [-0.39, 0.29) is 5.78 Å². The van der Waals surface area contributed by atoms with Gasteiger partial charge in [-0.2, -0.15) is 5.10 Å². The highest BCUT2D eigenvalue weighted by Crippen LogP contribution is 2.29. The zero-order valence-electron chi connectivity index (χ0n) is 12.9. The Bertz CT molecular complexity index is 1020. The van der Waals surface area contributed by atoms with Gasteiger partial charge in [-0.05, 0) is 43.3 Å². The third kappa shape index (κ3) is 2.56. The molecule has 0 saturated heterocycles. The molecule has 0 spiro atoms. The van der Waals surface area contributed by atoms with E-state index in [9.17, 15) is 4.79 Å². The molecule has 3 aromatic heterocycles. The molecule has 1 aromatic carbocycles. The molecule has 118 valence electrons. The maximum absolute atomic E-state index is 12.1. The van der Waals surface area contributed by atoms with Gasteiger partial charge in [0, 0.05) is 10.9 Å². The van der Waals surface area contributed by atoms with Crippen molar-refractivity contribution in [2.45, 2.75) is 6.92 Å². The van der Waals surface area contributed by atoms with Crippen molar-refractivity contribution >= 4 is 22.8 Å². The van der Waals surface area contributed by atoms with E-state index in [0.29, 0.717) is 17.3 Å². The van der Waals surface area contributed by atoms with Crippen LogP contribution in [0.5, 0.6) is 0 Å². The lowest BCUT2D eigenvalue weighted by molar-refractivity contribution is 0.102. The standard InChI is InChI=1S/C19H14N2O3/c1-12-6-9-17(23-12)15(22)8-7-14-11-20-21-19(14)18-10-13-4-2-3-5-16(13)24-18/h2-11H,1H3,(H,20,21). The molecule has 4 rings (SSSR count). The first-order valence-corrected chi connectivity index (χ1v) is 7.52. The van der Waals surface area contributed by atoms with Crippen LogP contribution in [0, 0.1) is 6.92 Å². The summed E-state index contributed by atoms with van der Waals surface area (Å²) in [7, 11) is 0. The van der Waals surface area contributed by atoms with Crippen molar-refractivity contribution in [3.05, 3.63) is 71.8 Å². The number of rotatable bonds is 4.